The standard InChI is InChI=1S/C44H47ClN6O3S/c1-55(53,54)50-23-20-41-39(31-50)43(47-51(41)22-7-21-48-24-26-49(27-25-48)37-9-3-2-4-10-37)36-18-19-40(45)35(28-36)17-16-32-12-14-33(15-13-32)30-46-44-38-11-6-5-8-34(38)29-42(44)52/h2-6,8-15,18-19,28,42,44,46,52H,7,20-27,29-31H2,1H3/t42-,44+/m0/s1. The molecule has 1 aliphatic carbocycles. The van der Waals surface area contributed by atoms with Crippen LogP contribution < -0.4 is 10.2 Å². The van der Waals surface area contributed by atoms with Gasteiger partial charge in [-0.25, -0.2) is 8.42 Å². The number of aliphatic hydroxyl groups excluding tert-OH is 1. The number of anilines is 1. The van der Waals surface area contributed by atoms with E-state index in [0.717, 1.165) is 79.3 Å². The van der Waals surface area contributed by atoms with Gasteiger partial charge < -0.3 is 15.3 Å². The van der Waals surface area contributed by atoms with Crippen molar-refractivity contribution in [2.45, 2.75) is 51.0 Å². The predicted molar refractivity (Wildman–Crippen MR) is 219 cm³/mol. The molecular formula is C44H47ClN6O3S. The molecule has 0 radical (unpaired) electrons. The van der Waals surface area contributed by atoms with E-state index in [9.17, 15) is 13.5 Å². The lowest BCUT2D eigenvalue weighted by molar-refractivity contribution is 0.140. The summed E-state index contributed by atoms with van der Waals surface area (Å²) in [6.07, 6.45) is 3.09. The third-order valence-corrected chi connectivity index (χ3v) is 12.8. The van der Waals surface area contributed by atoms with Gasteiger partial charge in [0.25, 0.3) is 0 Å². The number of para-hydroxylation sites is 1. The first-order valence-electron chi connectivity index (χ1n) is 19.2. The molecule has 1 aromatic heterocycles. The van der Waals surface area contributed by atoms with E-state index in [1.54, 1.807) is 4.31 Å². The summed E-state index contributed by atoms with van der Waals surface area (Å²) < 4.78 is 28.9. The highest BCUT2D eigenvalue weighted by Crippen LogP contribution is 2.34. The van der Waals surface area contributed by atoms with Gasteiger partial charge in [0.2, 0.25) is 10.0 Å². The van der Waals surface area contributed by atoms with Crippen LogP contribution in [0.1, 0.15) is 51.5 Å². The first-order valence-corrected chi connectivity index (χ1v) is 21.4. The van der Waals surface area contributed by atoms with Crippen LogP contribution >= 0.6 is 11.6 Å². The van der Waals surface area contributed by atoms with Crippen molar-refractivity contribution in [3.8, 4) is 23.1 Å². The molecule has 8 rings (SSSR count). The van der Waals surface area contributed by atoms with Crippen LogP contribution in [0.25, 0.3) is 11.3 Å². The Labute approximate surface area is 329 Å². The first kappa shape index (κ1) is 37.5. The van der Waals surface area contributed by atoms with Crippen molar-refractivity contribution in [3.05, 3.63) is 141 Å². The van der Waals surface area contributed by atoms with Crippen molar-refractivity contribution in [2.24, 2.45) is 0 Å². The van der Waals surface area contributed by atoms with Crippen LogP contribution in [-0.2, 0) is 42.5 Å². The average molecular weight is 775 g/mol. The molecule has 2 aliphatic heterocycles. The van der Waals surface area contributed by atoms with E-state index in [2.05, 4.69) is 86.2 Å². The summed E-state index contributed by atoms with van der Waals surface area (Å²) in [6, 6.07) is 32.6. The molecule has 1 fully saturated rings. The summed E-state index contributed by atoms with van der Waals surface area (Å²) >= 11 is 6.69. The summed E-state index contributed by atoms with van der Waals surface area (Å²) in [5.41, 5.74) is 10.0. The van der Waals surface area contributed by atoms with Crippen LogP contribution in [-0.4, -0.2) is 84.1 Å². The lowest BCUT2D eigenvalue weighted by Gasteiger charge is -2.36. The van der Waals surface area contributed by atoms with Crippen molar-refractivity contribution in [1.29, 1.82) is 0 Å². The Balaban J connectivity index is 0.952. The van der Waals surface area contributed by atoms with Gasteiger partial charge in [0.15, 0.2) is 0 Å². The summed E-state index contributed by atoms with van der Waals surface area (Å²) in [4.78, 5) is 4.97. The molecule has 0 amide bonds. The van der Waals surface area contributed by atoms with Crippen molar-refractivity contribution in [1.82, 2.24) is 24.3 Å². The summed E-state index contributed by atoms with van der Waals surface area (Å²) in [5.74, 6) is 6.55. The quantitative estimate of drug-likeness (QED) is 0.171. The predicted octanol–water partition coefficient (Wildman–Crippen LogP) is 5.88. The van der Waals surface area contributed by atoms with Crippen molar-refractivity contribution in [3.63, 3.8) is 0 Å². The largest absolute Gasteiger partial charge is 0.391 e. The molecule has 0 bridgehead atoms. The molecule has 3 aliphatic rings. The van der Waals surface area contributed by atoms with Crippen LogP contribution in [0.15, 0.2) is 97.1 Å². The molecule has 4 aromatic carbocycles. The molecule has 0 unspecified atom stereocenters. The fourth-order valence-electron chi connectivity index (χ4n) is 8.14. The number of nitrogens with zero attached hydrogens (tertiary/aromatic N) is 5. The van der Waals surface area contributed by atoms with E-state index < -0.39 is 16.1 Å². The number of benzene rings is 4. The van der Waals surface area contributed by atoms with Gasteiger partial charge in [-0.15, -0.1) is 0 Å². The summed E-state index contributed by atoms with van der Waals surface area (Å²) in [7, 11) is -3.37. The smallest absolute Gasteiger partial charge is 0.211 e. The molecule has 0 saturated carbocycles. The minimum Gasteiger partial charge on any atom is -0.391 e. The van der Waals surface area contributed by atoms with Gasteiger partial charge in [0.05, 0.1) is 29.1 Å². The van der Waals surface area contributed by atoms with E-state index in [4.69, 9.17) is 16.7 Å². The summed E-state index contributed by atoms with van der Waals surface area (Å²) in [5, 5.41) is 19.8. The topological polar surface area (TPSA) is 93.9 Å². The van der Waals surface area contributed by atoms with E-state index in [1.165, 1.54) is 23.1 Å². The highest BCUT2D eigenvalue weighted by Gasteiger charge is 2.31. The van der Waals surface area contributed by atoms with Gasteiger partial charge >= 0.3 is 0 Å². The number of aromatic nitrogens is 2. The van der Waals surface area contributed by atoms with E-state index >= 15 is 0 Å². The normalized spacial score (nSPS) is 18.8. The number of hydrogen-bond donors (Lipinski definition) is 2. The fourth-order valence-corrected chi connectivity index (χ4v) is 9.09. The van der Waals surface area contributed by atoms with Crippen LogP contribution in [0.4, 0.5) is 5.69 Å². The number of fused-ring (bicyclic) bond motifs is 2. The van der Waals surface area contributed by atoms with Crippen molar-refractivity contribution < 1.29 is 13.5 Å². The molecule has 284 valence electrons. The third kappa shape index (κ3) is 8.53. The third-order valence-electron chi connectivity index (χ3n) is 11.2. The lowest BCUT2D eigenvalue weighted by atomic mass is 10.0. The fraction of sp³-hybridized carbons (Fsp3) is 0.341. The van der Waals surface area contributed by atoms with Gasteiger partial charge in [-0.2, -0.15) is 9.40 Å². The van der Waals surface area contributed by atoms with Gasteiger partial charge in [-0.05, 0) is 59.5 Å². The lowest BCUT2D eigenvalue weighted by Crippen LogP contribution is -2.46. The van der Waals surface area contributed by atoms with Gasteiger partial charge in [-0.3, -0.25) is 9.58 Å². The Kier molecular flexibility index (Phi) is 11.1. The molecule has 2 N–H and O–H groups in total. The number of hydrogen-bond acceptors (Lipinski definition) is 7. The number of halogens is 1. The zero-order valence-corrected chi connectivity index (χ0v) is 32.7. The molecule has 11 heteroatoms. The zero-order chi connectivity index (χ0) is 37.9. The molecule has 1 saturated heterocycles. The molecule has 9 nitrogen and oxygen atoms in total. The number of sulfonamides is 1. The molecule has 2 atom stereocenters. The maximum absolute atomic E-state index is 12.6. The van der Waals surface area contributed by atoms with Gasteiger partial charge in [-0.1, -0.05) is 84.1 Å². The average Bonchev–Trinajstić information content (AvgIpc) is 3.73. The Morgan fingerprint density at radius 3 is 2.44 bits per heavy atom. The van der Waals surface area contributed by atoms with Crippen molar-refractivity contribution in [2.75, 3.05) is 50.4 Å². The van der Waals surface area contributed by atoms with E-state index in [1.807, 2.05) is 42.5 Å². The maximum atomic E-state index is 12.6. The molecule has 3 heterocycles. The first-order chi connectivity index (χ1) is 26.7. The molecule has 55 heavy (non-hydrogen) atoms. The monoisotopic (exact) mass is 774 g/mol. The van der Waals surface area contributed by atoms with E-state index in [0.29, 0.717) is 43.1 Å². The van der Waals surface area contributed by atoms with Gasteiger partial charge in [0, 0.05) is 105 Å². The minimum atomic E-state index is -3.37. The second kappa shape index (κ2) is 16.3. The van der Waals surface area contributed by atoms with E-state index in [-0.39, 0.29) is 6.04 Å². The molecular weight excluding hydrogens is 728 g/mol. The highest BCUT2D eigenvalue weighted by molar-refractivity contribution is 7.88. The van der Waals surface area contributed by atoms with Crippen LogP contribution in [0, 0.1) is 11.8 Å². The molecule has 5 aromatic rings. The Morgan fingerprint density at radius 2 is 1.65 bits per heavy atom. The number of aryl methyl sites for hydroxylation is 1. The molecule has 0 spiro atoms. The number of nitrogens with one attached hydrogen (secondary N) is 1. The number of piperazine rings is 1. The number of aliphatic hydroxyl groups is 1. The Hall–Kier alpha value is -4.47. The Bertz CT molecular complexity index is 2310. The number of rotatable bonds is 10. The maximum Gasteiger partial charge on any atom is 0.211 e. The SMILES string of the molecule is CS(=O)(=O)N1CCc2c(c(-c3ccc(Cl)c(C#Cc4ccc(CN[C@@H]5c6ccccc6C[C@@H]5O)cc4)c3)nn2CCCN2CCN(c3ccccc3)CC2)C1. The Morgan fingerprint density at radius 1 is 0.891 bits per heavy atom. The second-order valence-corrected chi connectivity index (χ2v) is 17.2. The van der Waals surface area contributed by atoms with Crippen LogP contribution in [0.3, 0.4) is 0 Å². The summed E-state index contributed by atoms with van der Waals surface area (Å²) in [6.45, 7) is 7.20. The zero-order valence-electron chi connectivity index (χ0n) is 31.2. The van der Waals surface area contributed by atoms with Crippen LogP contribution in [0.2, 0.25) is 5.02 Å². The van der Waals surface area contributed by atoms with Crippen molar-refractivity contribution >= 4 is 27.3 Å². The highest BCUT2D eigenvalue weighted by atomic mass is 35.5. The van der Waals surface area contributed by atoms with Crippen LogP contribution in [0.5, 0.6) is 0 Å². The second-order valence-electron chi connectivity index (χ2n) is 14.8. The van der Waals surface area contributed by atoms with Gasteiger partial charge in [0.1, 0.15) is 0 Å². The minimum absolute atomic E-state index is 0.0802.